The van der Waals surface area contributed by atoms with Crippen molar-refractivity contribution in [3.63, 3.8) is 0 Å². The molecule has 0 spiro atoms. The number of aryl methyl sites for hydroxylation is 1. The van der Waals surface area contributed by atoms with Crippen molar-refractivity contribution < 1.29 is 9.47 Å². The van der Waals surface area contributed by atoms with E-state index in [1.807, 2.05) is 6.07 Å². The molecule has 1 fully saturated rings. The van der Waals surface area contributed by atoms with Crippen LogP contribution in [-0.4, -0.2) is 19.5 Å². The Morgan fingerprint density at radius 1 is 1.07 bits per heavy atom. The van der Waals surface area contributed by atoms with Crippen molar-refractivity contribution in [2.24, 2.45) is 0 Å². The molecule has 2 heteroatoms. The van der Waals surface area contributed by atoms with Gasteiger partial charge in [0.05, 0.1) is 13.2 Å². The topological polar surface area (TPSA) is 18.5 Å². The van der Waals surface area contributed by atoms with Gasteiger partial charge in [0, 0.05) is 6.42 Å². The highest BCUT2D eigenvalue weighted by Gasteiger charge is 2.13. The van der Waals surface area contributed by atoms with Crippen LogP contribution in [0, 0.1) is 0 Å². The van der Waals surface area contributed by atoms with E-state index in [0.717, 1.165) is 32.5 Å². The molecule has 0 unspecified atom stereocenters. The highest BCUT2D eigenvalue weighted by molar-refractivity contribution is 5.14. The second-order valence-electron chi connectivity index (χ2n) is 3.55. The average molecular weight is 192 g/mol. The normalized spacial score (nSPS) is 18.3. The van der Waals surface area contributed by atoms with Gasteiger partial charge in [-0.05, 0) is 18.4 Å². The molecule has 0 saturated carbocycles. The summed E-state index contributed by atoms with van der Waals surface area (Å²) in [6.45, 7) is 1.69. The minimum Gasteiger partial charge on any atom is -0.353 e. The summed E-state index contributed by atoms with van der Waals surface area (Å²) < 4.78 is 11.0. The van der Waals surface area contributed by atoms with Crippen molar-refractivity contribution in [1.29, 1.82) is 0 Å². The fourth-order valence-electron chi connectivity index (χ4n) is 1.63. The molecule has 1 aromatic rings. The average Bonchev–Trinajstić information content (AvgIpc) is 2.29. The molecule has 76 valence electrons. The van der Waals surface area contributed by atoms with Gasteiger partial charge in [-0.1, -0.05) is 30.3 Å². The summed E-state index contributed by atoms with van der Waals surface area (Å²) in [5.74, 6) is 0. The minimum absolute atomic E-state index is 0.0176. The van der Waals surface area contributed by atoms with Crippen molar-refractivity contribution in [3.05, 3.63) is 35.9 Å². The smallest absolute Gasteiger partial charge is 0.157 e. The Morgan fingerprint density at radius 2 is 1.79 bits per heavy atom. The van der Waals surface area contributed by atoms with E-state index >= 15 is 0 Å². The van der Waals surface area contributed by atoms with Crippen LogP contribution >= 0.6 is 0 Å². The molecule has 2 nitrogen and oxygen atoms in total. The van der Waals surface area contributed by atoms with Crippen LogP contribution in [0.4, 0.5) is 0 Å². The summed E-state index contributed by atoms with van der Waals surface area (Å²) in [4.78, 5) is 0. The van der Waals surface area contributed by atoms with E-state index in [9.17, 15) is 0 Å². The van der Waals surface area contributed by atoms with Crippen LogP contribution in [0.1, 0.15) is 18.4 Å². The van der Waals surface area contributed by atoms with Crippen LogP contribution in [0.5, 0.6) is 0 Å². The number of hydrogen-bond donors (Lipinski definition) is 0. The molecule has 1 aliphatic heterocycles. The highest BCUT2D eigenvalue weighted by atomic mass is 16.7. The van der Waals surface area contributed by atoms with Crippen molar-refractivity contribution in [2.45, 2.75) is 25.6 Å². The zero-order valence-corrected chi connectivity index (χ0v) is 8.32. The molecule has 2 rings (SSSR count). The SMILES string of the molecule is c1ccc(CCC2OCCCO2)cc1. The highest BCUT2D eigenvalue weighted by Crippen LogP contribution is 2.12. The second-order valence-corrected chi connectivity index (χ2v) is 3.55. The first-order chi connectivity index (χ1) is 6.95. The quantitative estimate of drug-likeness (QED) is 0.732. The molecule has 0 radical (unpaired) electrons. The van der Waals surface area contributed by atoms with E-state index < -0.39 is 0 Å². The zero-order chi connectivity index (χ0) is 9.64. The van der Waals surface area contributed by atoms with Crippen LogP contribution in [0.3, 0.4) is 0 Å². The fraction of sp³-hybridized carbons (Fsp3) is 0.500. The number of rotatable bonds is 3. The van der Waals surface area contributed by atoms with E-state index in [1.165, 1.54) is 5.56 Å². The number of ether oxygens (including phenoxy) is 2. The van der Waals surface area contributed by atoms with Gasteiger partial charge in [-0.15, -0.1) is 0 Å². The molecule has 14 heavy (non-hydrogen) atoms. The molecule has 0 N–H and O–H groups in total. The molecule has 1 heterocycles. The number of hydrogen-bond acceptors (Lipinski definition) is 2. The zero-order valence-electron chi connectivity index (χ0n) is 8.32. The van der Waals surface area contributed by atoms with Gasteiger partial charge < -0.3 is 9.47 Å². The molecule has 0 aromatic heterocycles. The van der Waals surface area contributed by atoms with Crippen molar-refractivity contribution in [2.75, 3.05) is 13.2 Å². The van der Waals surface area contributed by atoms with Crippen LogP contribution in [0.15, 0.2) is 30.3 Å². The molecule has 1 aliphatic rings. The summed E-state index contributed by atoms with van der Waals surface area (Å²) >= 11 is 0. The fourth-order valence-corrected chi connectivity index (χ4v) is 1.63. The Balaban J connectivity index is 1.76. The Morgan fingerprint density at radius 3 is 2.50 bits per heavy atom. The predicted molar refractivity (Wildman–Crippen MR) is 55.1 cm³/mol. The van der Waals surface area contributed by atoms with Crippen LogP contribution in [0.25, 0.3) is 0 Å². The molecule has 0 amide bonds. The Hall–Kier alpha value is -0.860. The largest absolute Gasteiger partial charge is 0.353 e. The van der Waals surface area contributed by atoms with Crippen molar-refractivity contribution in [3.8, 4) is 0 Å². The lowest BCUT2D eigenvalue weighted by Gasteiger charge is -2.23. The van der Waals surface area contributed by atoms with Crippen LogP contribution in [0.2, 0.25) is 0 Å². The molecule has 0 aliphatic carbocycles. The van der Waals surface area contributed by atoms with Gasteiger partial charge >= 0.3 is 0 Å². The lowest BCUT2D eigenvalue weighted by molar-refractivity contribution is -0.180. The molecular formula is C12H16O2. The maximum Gasteiger partial charge on any atom is 0.157 e. The monoisotopic (exact) mass is 192 g/mol. The number of benzene rings is 1. The molecular weight excluding hydrogens is 176 g/mol. The van der Waals surface area contributed by atoms with Gasteiger partial charge in [0.15, 0.2) is 6.29 Å². The maximum atomic E-state index is 5.48. The summed E-state index contributed by atoms with van der Waals surface area (Å²) in [5, 5.41) is 0. The van der Waals surface area contributed by atoms with Gasteiger partial charge in [-0.2, -0.15) is 0 Å². The molecule has 1 aromatic carbocycles. The summed E-state index contributed by atoms with van der Waals surface area (Å²) in [5.41, 5.74) is 1.35. The van der Waals surface area contributed by atoms with E-state index in [4.69, 9.17) is 9.47 Å². The molecule has 1 saturated heterocycles. The van der Waals surface area contributed by atoms with Crippen molar-refractivity contribution >= 4 is 0 Å². The van der Waals surface area contributed by atoms with Crippen LogP contribution in [-0.2, 0) is 15.9 Å². The van der Waals surface area contributed by atoms with E-state index in [0.29, 0.717) is 0 Å². The third-order valence-corrected chi connectivity index (χ3v) is 2.41. The van der Waals surface area contributed by atoms with Gasteiger partial charge in [0.25, 0.3) is 0 Å². The van der Waals surface area contributed by atoms with Crippen LogP contribution < -0.4 is 0 Å². The summed E-state index contributed by atoms with van der Waals surface area (Å²) in [7, 11) is 0. The van der Waals surface area contributed by atoms with Crippen molar-refractivity contribution in [1.82, 2.24) is 0 Å². The molecule has 0 atom stereocenters. The lowest BCUT2D eigenvalue weighted by atomic mass is 10.1. The summed E-state index contributed by atoms with van der Waals surface area (Å²) in [6, 6.07) is 10.5. The van der Waals surface area contributed by atoms with E-state index in [1.54, 1.807) is 0 Å². The third kappa shape index (κ3) is 2.82. The van der Waals surface area contributed by atoms with Gasteiger partial charge in [-0.25, -0.2) is 0 Å². The Bertz CT molecular complexity index is 252. The van der Waals surface area contributed by atoms with Gasteiger partial charge in [0.1, 0.15) is 0 Å². The predicted octanol–water partition coefficient (Wildman–Crippen LogP) is 2.38. The van der Waals surface area contributed by atoms with Gasteiger partial charge in [-0.3, -0.25) is 0 Å². The standard InChI is InChI=1S/C12H16O2/c1-2-5-11(6-3-1)7-8-12-13-9-4-10-14-12/h1-3,5-6,12H,4,7-10H2. The molecule has 0 bridgehead atoms. The first kappa shape index (κ1) is 9.69. The van der Waals surface area contributed by atoms with E-state index in [2.05, 4.69) is 24.3 Å². The lowest BCUT2D eigenvalue weighted by Crippen LogP contribution is -2.25. The van der Waals surface area contributed by atoms with E-state index in [-0.39, 0.29) is 6.29 Å². The Labute approximate surface area is 84.8 Å². The third-order valence-electron chi connectivity index (χ3n) is 2.41. The minimum atomic E-state index is 0.0176. The first-order valence-corrected chi connectivity index (χ1v) is 5.22. The second kappa shape index (κ2) is 5.13. The Kier molecular flexibility index (Phi) is 3.55. The maximum absolute atomic E-state index is 5.48. The van der Waals surface area contributed by atoms with Gasteiger partial charge in [0.2, 0.25) is 0 Å². The summed E-state index contributed by atoms with van der Waals surface area (Å²) in [6.07, 6.45) is 3.04. The first-order valence-electron chi connectivity index (χ1n) is 5.22.